The average molecular weight is 583 g/mol. The Morgan fingerprint density at radius 3 is 2.00 bits per heavy atom. The van der Waals surface area contributed by atoms with Gasteiger partial charge in [-0.1, -0.05) is 85.9 Å². The molecule has 166 valence electrons. The summed E-state index contributed by atoms with van der Waals surface area (Å²) in [5.41, 5.74) is 0.490. The number of amides is 3. The van der Waals surface area contributed by atoms with Crippen LogP contribution in [0.15, 0.2) is 54.6 Å². The summed E-state index contributed by atoms with van der Waals surface area (Å²) in [5.74, 6) is -3.09. The Kier molecular flexibility index (Phi) is 6.83. The fraction of sp³-hybridized carbons (Fsp3) is 0.304. The number of hydrogen-bond acceptors (Lipinski definition) is 4. The van der Waals surface area contributed by atoms with Gasteiger partial charge in [0.15, 0.2) is 5.78 Å². The van der Waals surface area contributed by atoms with Crippen molar-refractivity contribution < 1.29 is 19.2 Å². The van der Waals surface area contributed by atoms with Crippen molar-refractivity contribution in [2.24, 2.45) is 11.8 Å². The first-order valence-electron chi connectivity index (χ1n) is 10.1. The zero-order valence-corrected chi connectivity index (χ0v) is 20.7. The summed E-state index contributed by atoms with van der Waals surface area (Å²) in [4.78, 5) is 53.1. The van der Waals surface area contributed by atoms with Crippen LogP contribution >= 0.6 is 43.5 Å². The average Bonchev–Trinajstić information content (AvgIpc) is 3.02. The Morgan fingerprint density at radius 1 is 0.906 bits per heavy atom. The van der Waals surface area contributed by atoms with Crippen LogP contribution in [0, 0.1) is 11.8 Å². The Hall–Kier alpha value is -2.03. The lowest BCUT2D eigenvalue weighted by atomic mass is 9.81. The van der Waals surface area contributed by atoms with Gasteiger partial charge < -0.3 is 0 Å². The molecule has 0 N–H and O–H groups in total. The third kappa shape index (κ3) is 4.28. The molecule has 0 unspecified atom stereocenters. The monoisotopic (exact) mass is 580 g/mol. The predicted octanol–water partition coefficient (Wildman–Crippen LogP) is 4.50. The second kappa shape index (κ2) is 9.45. The highest BCUT2D eigenvalue weighted by Gasteiger charge is 2.54. The van der Waals surface area contributed by atoms with E-state index in [0.29, 0.717) is 18.4 Å². The fourth-order valence-electron chi connectivity index (χ4n) is 4.17. The smallest absolute Gasteiger partial charge is 0.274 e. The Bertz CT molecular complexity index is 1050. The molecule has 2 aromatic rings. The molecule has 0 bridgehead atoms. The third-order valence-corrected chi connectivity index (χ3v) is 8.92. The van der Waals surface area contributed by atoms with E-state index in [1.807, 2.05) is 0 Å². The van der Waals surface area contributed by atoms with E-state index in [2.05, 4.69) is 31.9 Å². The predicted molar refractivity (Wildman–Crippen MR) is 127 cm³/mol. The van der Waals surface area contributed by atoms with E-state index in [1.54, 1.807) is 48.5 Å². The molecule has 4 rings (SSSR count). The molecule has 9 heteroatoms. The maximum Gasteiger partial charge on any atom is 0.274 e. The summed E-state index contributed by atoms with van der Waals surface area (Å²) >= 11 is 13.3. The molecule has 1 saturated carbocycles. The number of carbonyl (C=O) groups excluding carboxylic acids is 4. The third-order valence-electron chi connectivity index (χ3n) is 5.86. The molecule has 1 heterocycles. The molecular formula is C23H19Br2ClN2O4. The molecule has 2 aromatic carbocycles. The SMILES string of the molecule is O=C(CN(C(=O)c1ccccc1Cl)N1C(=O)[C@H]2C[C@@H](Br)[C@@H](Br)C[C@H]2C1=O)c1ccccc1. The first kappa shape index (κ1) is 23.1. The molecule has 1 saturated heterocycles. The van der Waals surface area contributed by atoms with Crippen LogP contribution < -0.4 is 0 Å². The van der Waals surface area contributed by atoms with E-state index >= 15 is 0 Å². The number of carbonyl (C=O) groups is 4. The molecule has 4 atom stereocenters. The number of nitrogens with zero attached hydrogens (tertiary/aromatic N) is 2. The van der Waals surface area contributed by atoms with Gasteiger partial charge in [-0.2, -0.15) is 5.01 Å². The topological polar surface area (TPSA) is 74.8 Å². The van der Waals surface area contributed by atoms with E-state index in [4.69, 9.17) is 11.6 Å². The molecular weight excluding hydrogens is 564 g/mol. The molecule has 0 spiro atoms. The number of hydrazine groups is 1. The quantitative estimate of drug-likeness (QED) is 0.296. The number of alkyl halides is 2. The Labute approximate surface area is 207 Å². The number of imide groups is 1. The van der Waals surface area contributed by atoms with Gasteiger partial charge in [0.2, 0.25) is 0 Å². The Morgan fingerprint density at radius 2 is 1.44 bits per heavy atom. The molecule has 3 amide bonds. The number of ketones is 1. The van der Waals surface area contributed by atoms with Gasteiger partial charge in [0.25, 0.3) is 17.7 Å². The van der Waals surface area contributed by atoms with Gasteiger partial charge in [-0.05, 0) is 25.0 Å². The van der Waals surface area contributed by atoms with Crippen molar-refractivity contribution in [3.05, 3.63) is 70.7 Å². The van der Waals surface area contributed by atoms with E-state index in [1.165, 1.54) is 6.07 Å². The van der Waals surface area contributed by atoms with Crippen LogP contribution in [0.3, 0.4) is 0 Å². The van der Waals surface area contributed by atoms with Crippen molar-refractivity contribution in [2.45, 2.75) is 22.5 Å². The van der Waals surface area contributed by atoms with E-state index in [9.17, 15) is 19.2 Å². The van der Waals surface area contributed by atoms with Crippen molar-refractivity contribution in [3.8, 4) is 0 Å². The van der Waals surface area contributed by atoms with Crippen molar-refractivity contribution in [1.29, 1.82) is 0 Å². The number of halogens is 3. The normalized spacial score (nSPS) is 24.9. The summed E-state index contributed by atoms with van der Waals surface area (Å²) in [7, 11) is 0. The van der Waals surface area contributed by atoms with Crippen molar-refractivity contribution in [2.75, 3.05) is 6.54 Å². The molecule has 0 aromatic heterocycles. The highest BCUT2D eigenvalue weighted by atomic mass is 79.9. The molecule has 6 nitrogen and oxygen atoms in total. The summed E-state index contributed by atoms with van der Waals surface area (Å²) in [5, 5.41) is 1.99. The van der Waals surface area contributed by atoms with Gasteiger partial charge in [0, 0.05) is 15.2 Å². The van der Waals surface area contributed by atoms with Gasteiger partial charge in [0.05, 0.1) is 22.4 Å². The first-order chi connectivity index (χ1) is 15.3. The van der Waals surface area contributed by atoms with Gasteiger partial charge in [-0.25, -0.2) is 5.01 Å². The minimum Gasteiger partial charge on any atom is -0.292 e. The van der Waals surface area contributed by atoms with Gasteiger partial charge >= 0.3 is 0 Å². The molecule has 1 aliphatic heterocycles. The summed E-state index contributed by atoms with van der Waals surface area (Å²) in [6, 6.07) is 14.8. The second-order valence-corrected chi connectivity index (χ2v) is 10.6. The molecule has 1 aliphatic carbocycles. The van der Waals surface area contributed by atoms with Gasteiger partial charge in [-0.3, -0.25) is 19.2 Å². The largest absolute Gasteiger partial charge is 0.292 e. The number of fused-ring (bicyclic) bond motifs is 1. The summed E-state index contributed by atoms with van der Waals surface area (Å²) < 4.78 is 0. The zero-order valence-electron chi connectivity index (χ0n) is 16.8. The lowest BCUT2D eigenvalue weighted by molar-refractivity contribution is -0.154. The maximum atomic E-state index is 13.5. The van der Waals surface area contributed by atoms with Crippen molar-refractivity contribution in [3.63, 3.8) is 0 Å². The number of Topliss-reactive ketones (excluding diaryl/α,β-unsaturated/α-hetero) is 1. The van der Waals surface area contributed by atoms with Crippen LogP contribution in [0.5, 0.6) is 0 Å². The van der Waals surface area contributed by atoms with Crippen LogP contribution in [-0.2, 0) is 9.59 Å². The Balaban J connectivity index is 1.71. The number of benzene rings is 2. The van der Waals surface area contributed by atoms with E-state index < -0.39 is 41.9 Å². The van der Waals surface area contributed by atoms with Crippen molar-refractivity contribution >= 4 is 67.0 Å². The van der Waals surface area contributed by atoms with Crippen molar-refractivity contribution in [1.82, 2.24) is 10.0 Å². The zero-order chi connectivity index (χ0) is 23.0. The van der Waals surface area contributed by atoms with Crippen LogP contribution in [0.2, 0.25) is 5.02 Å². The minimum absolute atomic E-state index is 0.0270. The second-order valence-electron chi connectivity index (χ2n) is 7.84. The van der Waals surface area contributed by atoms with Crippen LogP contribution in [0.1, 0.15) is 33.6 Å². The summed E-state index contributed by atoms with van der Waals surface area (Å²) in [6.07, 6.45) is 0.921. The van der Waals surface area contributed by atoms with E-state index in [-0.39, 0.29) is 20.2 Å². The lowest BCUT2D eigenvalue weighted by Crippen LogP contribution is -2.52. The standard InChI is InChI=1S/C23H19Br2ClN2O4/c24-17-10-15-16(11-18(17)25)23(32)28(22(15)31)27(12-20(29)13-6-2-1-3-7-13)21(30)14-8-4-5-9-19(14)26/h1-9,15-18H,10-12H2/t15-,16+,17+,18-. The molecule has 2 aliphatic rings. The van der Waals surface area contributed by atoms with E-state index in [0.717, 1.165) is 10.0 Å². The first-order valence-corrected chi connectivity index (χ1v) is 12.3. The van der Waals surface area contributed by atoms with Gasteiger partial charge in [0.1, 0.15) is 6.54 Å². The molecule has 2 fully saturated rings. The van der Waals surface area contributed by atoms with Crippen LogP contribution in [0.4, 0.5) is 0 Å². The highest BCUT2D eigenvalue weighted by molar-refractivity contribution is 9.12. The fourth-order valence-corrected chi connectivity index (χ4v) is 5.63. The maximum absolute atomic E-state index is 13.5. The number of hydrogen-bond donors (Lipinski definition) is 0. The summed E-state index contributed by atoms with van der Waals surface area (Å²) in [6.45, 7) is -0.458. The molecule has 32 heavy (non-hydrogen) atoms. The van der Waals surface area contributed by atoms with Crippen LogP contribution in [-0.4, -0.2) is 49.7 Å². The number of rotatable bonds is 5. The van der Waals surface area contributed by atoms with Crippen LogP contribution in [0.25, 0.3) is 0 Å². The minimum atomic E-state index is -0.675. The highest BCUT2D eigenvalue weighted by Crippen LogP contribution is 2.43. The lowest BCUT2D eigenvalue weighted by Gasteiger charge is -2.30. The van der Waals surface area contributed by atoms with Gasteiger partial charge in [-0.15, -0.1) is 0 Å². The molecule has 0 radical (unpaired) electrons.